The first-order valence-electron chi connectivity index (χ1n) is 8.64. The molecular weight excluding hydrogens is 383 g/mol. The van der Waals surface area contributed by atoms with Gasteiger partial charge in [0.2, 0.25) is 0 Å². The minimum atomic E-state index is -0.0920. The maximum absolute atomic E-state index is 12.6. The van der Waals surface area contributed by atoms with Gasteiger partial charge in [0.15, 0.2) is 0 Å². The first-order valence-corrected chi connectivity index (χ1v) is 9.39. The molecule has 0 bridgehead atoms. The summed E-state index contributed by atoms with van der Waals surface area (Å²) in [6.07, 6.45) is 0.725. The van der Waals surface area contributed by atoms with Crippen LogP contribution < -0.4 is 11.3 Å². The minimum Gasteiger partial charge on any atom is -0.399 e. The van der Waals surface area contributed by atoms with E-state index in [2.05, 4.69) is 14.9 Å². The van der Waals surface area contributed by atoms with Crippen LogP contribution in [0, 0.1) is 0 Å². The average Bonchev–Trinajstić information content (AvgIpc) is 2.66. The summed E-state index contributed by atoms with van der Waals surface area (Å²) in [5.74, 6) is 0.580. The standard InChI is InChI=1S/C20H18Cl2N4O/c21-16-6-1-12(9-17(16)22)10-26-8-7-18-15(11-26)20(27)25-19(24-18)13-2-4-14(23)5-3-13/h1-6,9H,7-8,10-11,23H2,(H,24,25,27). The number of aromatic amines is 1. The van der Waals surface area contributed by atoms with E-state index in [9.17, 15) is 4.79 Å². The van der Waals surface area contributed by atoms with E-state index in [-0.39, 0.29) is 5.56 Å². The Labute approximate surface area is 166 Å². The molecule has 0 saturated heterocycles. The smallest absolute Gasteiger partial charge is 0.255 e. The van der Waals surface area contributed by atoms with Crippen LogP contribution in [0.25, 0.3) is 11.4 Å². The molecular formula is C20H18Cl2N4O. The predicted molar refractivity (Wildman–Crippen MR) is 109 cm³/mol. The molecule has 0 aliphatic carbocycles. The van der Waals surface area contributed by atoms with Crippen molar-refractivity contribution >= 4 is 28.9 Å². The zero-order chi connectivity index (χ0) is 19.0. The van der Waals surface area contributed by atoms with E-state index in [0.717, 1.165) is 35.3 Å². The summed E-state index contributed by atoms with van der Waals surface area (Å²) in [7, 11) is 0. The van der Waals surface area contributed by atoms with Gasteiger partial charge in [-0.2, -0.15) is 0 Å². The van der Waals surface area contributed by atoms with Crippen LogP contribution in [0.2, 0.25) is 10.0 Å². The Morgan fingerprint density at radius 3 is 2.63 bits per heavy atom. The molecule has 3 aromatic rings. The third-order valence-electron chi connectivity index (χ3n) is 4.72. The van der Waals surface area contributed by atoms with Gasteiger partial charge in [0, 0.05) is 37.3 Å². The fourth-order valence-corrected chi connectivity index (χ4v) is 3.61. The van der Waals surface area contributed by atoms with E-state index >= 15 is 0 Å². The molecule has 0 unspecified atom stereocenters. The monoisotopic (exact) mass is 400 g/mol. The molecule has 0 fully saturated rings. The van der Waals surface area contributed by atoms with Crippen molar-refractivity contribution in [2.24, 2.45) is 0 Å². The van der Waals surface area contributed by atoms with Crippen molar-refractivity contribution in [1.29, 1.82) is 0 Å². The number of nitrogens with two attached hydrogens (primary N) is 1. The number of halogens is 2. The lowest BCUT2D eigenvalue weighted by Crippen LogP contribution is -2.35. The van der Waals surface area contributed by atoms with Crippen LogP contribution >= 0.6 is 23.2 Å². The Morgan fingerprint density at radius 1 is 1.11 bits per heavy atom. The molecule has 2 aromatic carbocycles. The van der Waals surface area contributed by atoms with E-state index in [0.29, 0.717) is 34.6 Å². The van der Waals surface area contributed by atoms with E-state index in [4.69, 9.17) is 28.9 Å². The van der Waals surface area contributed by atoms with Crippen LogP contribution in [0.15, 0.2) is 47.3 Å². The zero-order valence-electron chi connectivity index (χ0n) is 14.5. The topological polar surface area (TPSA) is 75.0 Å². The second-order valence-corrected chi connectivity index (χ2v) is 7.49. The molecule has 138 valence electrons. The molecule has 0 radical (unpaired) electrons. The van der Waals surface area contributed by atoms with Crippen molar-refractivity contribution in [1.82, 2.24) is 14.9 Å². The van der Waals surface area contributed by atoms with Crippen LogP contribution in [0.4, 0.5) is 5.69 Å². The lowest BCUT2D eigenvalue weighted by Gasteiger charge is -2.27. The molecule has 27 heavy (non-hydrogen) atoms. The lowest BCUT2D eigenvalue weighted by atomic mass is 10.1. The first kappa shape index (κ1) is 18.0. The normalized spacial score (nSPS) is 14.1. The largest absolute Gasteiger partial charge is 0.399 e. The number of nitrogens with one attached hydrogen (secondary N) is 1. The Kier molecular flexibility index (Phi) is 4.91. The summed E-state index contributed by atoms with van der Waals surface area (Å²) in [5.41, 5.74) is 9.81. The van der Waals surface area contributed by atoms with Crippen LogP contribution in [0.3, 0.4) is 0 Å². The van der Waals surface area contributed by atoms with E-state index in [1.165, 1.54) is 0 Å². The molecule has 5 nitrogen and oxygen atoms in total. The fourth-order valence-electron chi connectivity index (χ4n) is 3.29. The zero-order valence-corrected chi connectivity index (χ0v) is 16.0. The number of nitrogens with zero attached hydrogens (tertiary/aromatic N) is 2. The summed E-state index contributed by atoms with van der Waals surface area (Å²) in [5, 5.41) is 1.08. The number of rotatable bonds is 3. The van der Waals surface area contributed by atoms with Gasteiger partial charge >= 0.3 is 0 Å². The van der Waals surface area contributed by atoms with Gasteiger partial charge < -0.3 is 10.7 Å². The van der Waals surface area contributed by atoms with Gasteiger partial charge in [-0.1, -0.05) is 29.3 Å². The molecule has 1 aliphatic rings. The number of anilines is 1. The maximum atomic E-state index is 12.6. The number of H-pyrrole nitrogens is 1. The highest BCUT2D eigenvalue weighted by molar-refractivity contribution is 6.42. The summed E-state index contributed by atoms with van der Waals surface area (Å²) < 4.78 is 0. The van der Waals surface area contributed by atoms with E-state index in [1.807, 2.05) is 24.3 Å². The van der Waals surface area contributed by atoms with Crippen molar-refractivity contribution in [2.45, 2.75) is 19.5 Å². The molecule has 0 amide bonds. The number of hydrogen-bond acceptors (Lipinski definition) is 4. The van der Waals surface area contributed by atoms with Gasteiger partial charge in [-0.05, 0) is 42.0 Å². The Morgan fingerprint density at radius 2 is 1.89 bits per heavy atom. The molecule has 3 N–H and O–H groups in total. The molecule has 2 heterocycles. The number of benzene rings is 2. The van der Waals surface area contributed by atoms with Gasteiger partial charge in [0.1, 0.15) is 5.82 Å². The van der Waals surface area contributed by atoms with Gasteiger partial charge in [-0.3, -0.25) is 9.69 Å². The van der Waals surface area contributed by atoms with E-state index in [1.54, 1.807) is 18.2 Å². The number of fused-ring (bicyclic) bond motifs is 1. The van der Waals surface area contributed by atoms with Crippen LogP contribution in [0.5, 0.6) is 0 Å². The second kappa shape index (κ2) is 7.35. The lowest BCUT2D eigenvalue weighted by molar-refractivity contribution is 0.242. The second-order valence-electron chi connectivity index (χ2n) is 6.67. The van der Waals surface area contributed by atoms with Crippen LogP contribution in [-0.4, -0.2) is 21.4 Å². The van der Waals surface area contributed by atoms with Gasteiger partial charge in [0.05, 0.1) is 21.3 Å². The Balaban J connectivity index is 1.57. The highest BCUT2D eigenvalue weighted by Gasteiger charge is 2.21. The molecule has 1 aromatic heterocycles. The van der Waals surface area contributed by atoms with Gasteiger partial charge in [0.25, 0.3) is 5.56 Å². The summed E-state index contributed by atoms with van der Waals surface area (Å²) >= 11 is 12.1. The van der Waals surface area contributed by atoms with Gasteiger partial charge in [-0.15, -0.1) is 0 Å². The minimum absolute atomic E-state index is 0.0920. The van der Waals surface area contributed by atoms with Crippen LogP contribution in [-0.2, 0) is 19.5 Å². The number of hydrogen-bond donors (Lipinski definition) is 2. The molecule has 4 rings (SSSR count). The highest BCUT2D eigenvalue weighted by atomic mass is 35.5. The fraction of sp³-hybridized carbons (Fsp3) is 0.200. The summed E-state index contributed by atoms with van der Waals surface area (Å²) in [4.78, 5) is 22.4. The Hall–Kier alpha value is -2.34. The molecule has 0 atom stereocenters. The number of nitrogen functional groups attached to an aromatic ring is 1. The van der Waals surface area contributed by atoms with E-state index < -0.39 is 0 Å². The quantitative estimate of drug-likeness (QED) is 0.654. The molecule has 7 heteroatoms. The number of aromatic nitrogens is 2. The van der Waals surface area contributed by atoms with Gasteiger partial charge in [-0.25, -0.2) is 4.98 Å². The first-order chi connectivity index (χ1) is 13.0. The average molecular weight is 401 g/mol. The molecule has 0 saturated carbocycles. The van der Waals surface area contributed by atoms with Crippen molar-refractivity contribution in [3.8, 4) is 11.4 Å². The Bertz CT molecular complexity index is 1050. The van der Waals surface area contributed by atoms with Crippen LogP contribution in [0.1, 0.15) is 16.8 Å². The SMILES string of the molecule is Nc1ccc(-c2nc3c(c(=O)[nH]2)CN(Cc2ccc(Cl)c(Cl)c2)CC3)cc1. The maximum Gasteiger partial charge on any atom is 0.255 e. The van der Waals surface area contributed by atoms with Crippen molar-refractivity contribution in [3.63, 3.8) is 0 Å². The predicted octanol–water partition coefficient (Wildman–Crippen LogP) is 3.88. The summed E-state index contributed by atoms with van der Waals surface area (Å²) in [6.45, 7) is 2.08. The van der Waals surface area contributed by atoms with Crippen molar-refractivity contribution < 1.29 is 0 Å². The molecule has 1 aliphatic heterocycles. The molecule has 0 spiro atoms. The third kappa shape index (κ3) is 3.86. The van der Waals surface area contributed by atoms with Crippen molar-refractivity contribution in [2.75, 3.05) is 12.3 Å². The summed E-state index contributed by atoms with van der Waals surface area (Å²) in [6, 6.07) is 12.9. The van der Waals surface area contributed by atoms with Crippen molar-refractivity contribution in [3.05, 3.63) is 79.7 Å². The third-order valence-corrected chi connectivity index (χ3v) is 5.46. The highest BCUT2D eigenvalue weighted by Crippen LogP contribution is 2.25.